The molecule has 0 aliphatic rings. The maximum Gasteiger partial charge on any atom is 0.472 e. The summed E-state index contributed by atoms with van der Waals surface area (Å²) in [5, 5.41) is 9.20. The zero-order chi connectivity index (χ0) is 55.5. The van der Waals surface area contributed by atoms with Gasteiger partial charge in [0.2, 0.25) is 0 Å². The number of phosphoric ester groups is 1. The van der Waals surface area contributed by atoms with Crippen LogP contribution < -0.4 is 0 Å². The Morgan fingerprint density at radius 1 is 0.400 bits per heavy atom. The van der Waals surface area contributed by atoms with Gasteiger partial charge in [0.05, 0.1) is 27.2 Å². The lowest BCUT2D eigenvalue weighted by Crippen LogP contribution is -2.43. The van der Waals surface area contributed by atoms with Crippen LogP contribution in [0.2, 0.25) is 0 Å². The normalized spacial score (nSPS) is 13.0. The van der Waals surface area contributed by atoms with Gasteiger partial charge in [0, 0.05) is 38.7 Å². The van der Waals surface area contributed by atoms with Gasteiger partial charge >= 0.3 is 31.7 Å². The lowest BCUT2D eigenvalue weighted by molar-refractivity contribution is -0.890. The van der Waals surface area contributed by atoms with Crippen LogP contribution in [0.5, 0.6) is 0 Å². The summed E-state index contributed by atoms with van der Waals surface area (Å²) in [5.74, 6) is -1.35. The number of rotatable bonds is 57. The maximum atomic E-state index is 13.0. The van der Waals surface area contributed by atoms with Gasteiger partial charge in [0.25, 0.3) is 0 Å². The summed E-state index contributed by atoms with van der Waals surface area (Å²) in [6.07, 6.45) is 38.4. The minimum Gasteiger partial charge on any atom is -0.462 e. The van der Waals surface area contributed by atoms with Gasteiger partial charge < -0.3 is 33.4 Å². The van der Waals surface area contributed by atoms with Crippen molar-refractivity contribution in [3.8, 4) is 0 Å². The van der Waals surface area contributed by atoms with Crippen LogP contribution in [0.25, 0.3) is 0 Å². The Labute approximate surface area is 459 Å². The van der Waals surface area contributed by atoms with Crippen LogP contribution in [-0.2, 0) is 51.7 Å². The van der Waals surface area contributed by atoms with Crippen molar-refractivity contribution < 1.29 is 66.2 Å². The lowest BCUT2D eigenvalue weighted by Gasteiger charge is -2.29. The van der Waals surface area contributed by atoms with Gasteiger partial charge in [-0.1, -0.05) is 182 Å². The molecule has 0 amide bonds. The van der Waals surface area contributed by atoms with Gasteiger partial charge in [-0.2, -0.15) is 0 Å². The Kier molecular flexibility index (Phi) is 49.9. The number of carbonyl (C=O) groups is 4. The van der Waals surface area contributed by atoms with E-state index in [-0.39, 0.29) is 56.8 Å². The van der Waals surface area contributed by atoms with Gasteiger partial charge in [0.1, 0.15) is 32.0 Å². The van der Waals surface area contributed by atoms with E-state index >= 15 is 0 Å². The van der Waals surface area contributed by atoms with E-state index in [2.05, 4.69) is 27.7 Å². The number of aliphatic hydroxyl groups excluding tert-OH is 1. The van der Waals surface area contributed by atoms with Crippen LogP contribution in [0.1, 0.15) is 291 Å². The highest BCUT2D eigenvalue weighted by Gasteiger charge is 2.28. The predicted molar refractivity (Wildman–Crippen MR) is 303 cm³/mol. The topological polar surface area (TPSA) is 181 Å². The van der Waals surface area contributed by atoms with E-state index in [1.165, 1.54) is 128 Å². The molecule has 0 aliphatic carbocycles. The largest absolute Gasteiger partial charge is 0.472 e. The van der Waals surface area contributed by atoms with Crippen LogP contribution in [0.4, 0.5) is 0 Å². The summed E-state index contributed by atoms with van der Waals surface area (Å²) in [6.45, 7) is 9.02. The molecular weight excluding hydrogens is 974 g/mol. The number of phosphoric acid groups is 1. The van der Waals surface area contributed by atoms with E-state index in [0.29, 0.717) is 68.9 Å². The average molecular weight is 1090 g/mol. The fourth-order valence-corrected chi connectivity index (χ4v) is 10.00. The molecular formula is C60H117NO13P+. The highest BCUT2D eigenvalue weighted by molar-refractivity contribution is 7.47. The van der Waals surface area contributed by atoms with Crippen molar-refractivity contribution in [2.45, 2.75) is 309 Å². The molecule has 0 aliphatic heterocycles. The number of hydrogen-bond acceptors (Lipinski definition) is 12. The second-order valence-electron chi connectivity index (χ2n) is 22.1. The average Bonchev–Trinajstić information content (AvgIpc) is 3.37. The highest BCUT2D eigenvalue weighted by atomic mass is 31.2. The quantitative estimate of drug-likeness (QED) is 0.0193. The SMILES string of the molecule is CCCCCCCCC(CCCCCCCC)OC(=O)CCCCCCC(=O)OC[C@@H](COP(=O)(O)OCC[N+](C)(C)CCCO)OC(=O)CCCCCCC(=O)OC(CCCCCCCC)CCCCCCCC. The zero-order valence-electron chi connectivity index (χ0n) is 49.2. The van der Waals surface area contributed by atoms with Gasteiger partial charge in [-0.05, 0) is 77.0 Å². The first-order chi connectivity index (χ1) is 36.2. The molecule has 75 heavy (non-hydrogen) atoms. The second-order valence-corrected chi connectivity index (χ2v) is 23.6. The minimum atomic E-state index is -4.55. The molecule has 15 heteroatoms. The van der Waals surface area contributed by atoms with Crippen LogP contribution in [0.15, 0.2) is 0 Å². The van der Waals surface area contributed by atoms with E-state index in [0.717, 1.165) is 70.6 Å². The molecule has 0 saturated carbocycles. The number of hydrogen-bond donors (Lipinski definition) is 2. The first-order valence-corrected chi connectivity index (χ1v) is 32.5. The van der Waals surface area contributed by atoms with E-state index in [1.807, 2.05) is 14.1 Å². The summed E-state index contributed by atoms with van der Waals surface area (Å²) in [5.41, 5.74) is 0. The first-order valence-electron chi connectivity index (χ1n) is 31.0. The van der Waals surface area contributed by atoms with Crippen LogP contribution in [0.3, 0.4) is 0 Å². The second kappa shape index (κ2) is 51.4. The third kappa shape index (κ3) is 49.9. The fraction of sp³-hybridized carbons (Fsp3) is 0.933. The molecule has 0 spiro atoms. The number of unbranched alkanes of at least 4 members (excludes halogenated alkanes) is 26. The van der Waals surface area contributed by atoms with Gasteiger partial charge in [0.15, 0.2) is 6.10 Å². The summed E-state index contributed by atoms with van der Waals surface area (Å²) in [7, 11) is -0.703. The van der Waals surface area contributed by atoms with E-state index in [4.69, 9.17) is 28.0 Å². The van der Waals surface area contributed by atoms with E-state index in [9.17, 15) is 33.7 Å². The molecule has 2 atom stereocenters. The summed E-state index contributed by atoms with van der Waals surface area (Å²) in [4.78, 5) is 62.1. The number of carbonyl (C=O) groups excluding carboxylic acids is 4. The van der Waals surface area contributed by atoms with Crippen molar-refractivity contribution >= 4 is 31.7 Å². The summed E-state index contributed by atoms with van der Waals surface area (Å²) >= 11 is 0. The third-order valence-electron chi connectivity index (χ3n) is 14.2. The summed E-state index contributed by atoms with van der Waals surface area (Å²) < 4.78 is 46.9. The Balaban J connectivity index is 5.06. The maximum absolute atomic E-state index is 13.0. The third-order valence-corrected chi connectivity index (χ3v) is 15.1. The van der Waals surface area contributed by atoms with Crippen LogP contribution >= 0.6 is 7.82 Å². The first kappa shape index (κ1) is 72.9. The smallest absolute Gasteiger partial charge is 0.462 e. The number of ether oxygens (including phenoxy) is 4. The molecule has 14 nitrogen and oxygen atoms in total. The van der Waals surface area contributed by atoms with Crippen molar-refractivity contribution in [3.05, 3.63) is 0 Å². The minimum absolute atomic E-state index is 0.0135. The molecule has 0 rings (SSSR count). The number of quaternary nitrogens is 1. The number of esters is 4. The Morgan fingerprint density at radius 2 is 0.720 bits per heavy atom. The Morgan fingerprint density at radius 3 is 1.08 bits per heavy atom. The Hall–Kier alpha value is -2.09. The Bertz CT molecular complexity index is 1370. The molecule has 0 radical (unpaired) electrons. The van der Waals surface area contributed by atoms with Crippen LogP contribution in [0, 0.1) is 0 Å². The molecule has 0 saturated heterocycles. The predicted octanol–water partition coefficient (Wildman–Crippen LogP) is 15.5. The van der Waals surface area contributed by atoms with Gasteiger partial charge in [-0.3, -0.25) is 28.2 Å². The number of nitrogens with zero attached hydrogens (tertiary/aromatic N) is 1. The van der Waals surface area contributed by atoms with Crippen molar-refractivity contribution in [1.82, 2.24) is 0 Å². The summed E-state index contributed by atoms with van der Waals surface area (Å²) in [6, 6.07) is 0. The standard InChI is InChI=1S/C60H116NO13P/c1-7-11-15-19-23-31-40-54(41-32-24-20-16-12-8-2)72-58(64)45-36-28-27-35-44-57(63)69-52-56(53-71-75(67,68)70-51-49-61(5,6)48-39-50-62)74-60(66)47-38-30-29-37-46-59(65)73-55(42-33-25-21-17-13-9-3)43-34-26-22-18-14-10-4/h54-56,62H,7-53H2,1-6H3/p+1/t56-/m0/s1. The number of aliphatic hydroxyl groups is 1. The number of likely N-dealkylation sites (N-methyl/N-ethyl adjacent to an activating group) is 1. The van der Waals surface area contributed by atoms with Crippen molar-refractivity contribution in [2.24, 2.45) is 0 Å². The molecule has 0 fully saturated rings. The van der Waals surface area contributed by atoms with Crippen molar-refractivity contribution in [3.63, 3.8) is 0 Å². The fourth-order valence-electron chi connectivity index (χ4n) is 9.26. The monoisotopic (exact) mass is 1090 g/mol. The molecule has 0 heterocycles. The van der Waals surface area contributed by atoms with E-state index in [1.54, 1.807) is 0 Å². The molecule has 2 N–H and O–H groups in total. The van der Waals surface area contributed by atoms with E-state index < -0.39 is 32.5 Å². The lowest BCUT2D eigenvalue weighted by atomic mass is 10.0. The highest BCUT2D eigenvalue weighted by Crippen LogP contribution is 2.43. The molecule has 0 aromatic rings. The molecule has 0 aromatic carbocycles. The molecule has 0 aromatic heterocycles. The van der Waals surface area contributed by atoms with Gasteiger partial charge in [-0.15, -0.1) is 0 Å². The molecule has 1 unspecified atom stereocenters. The molecule has 444 valence electrons. The van der Waals surface area contributed by atoms with Gasteiger partial charge in [-0.25, -0.2) is 4.57 Å². The van der Waals surface area contributed by atoms with Crippen molar-refractivity contribution in [1.29, 1.82) is 0 Å². The zero-order valence-corrected chi connectivity index (χ0v) is 50.1. The van der Waals surface area contributed by atoms with Crippen molar-refractivity contribution in [2.75, 3.05) is 53.6 Å². The van der Waals surface area contributed by atoms with Crippen LogP contribution in [-0.4, -0.2) is 110 Å². The molecule has 0 bridgehead atoms.